The number of nitrogens with one attached hydrogen (secondary N) is 2. The molecule has 0 aliphatic heterocycles. The van der Waals surface area contributed by atoms with E-state index in [4.69, 9.17) is 11.6 Å². The normalized spacial score (nSPS) is 18.4. The third-order valence-electron chi connectivity index (χ3n) is 5.64. The minimum absolute atomic E-state index is 0.0449. The number of carbonyl (C=O) groups excluding carboxylic acids is 3. The first-order valence-electron chi connectivity index (χ1n) is 10.1. The van der Waals surface area contributed by atoms with Crippen molar-refractivity contribution in [3.8, 4) is 0 Å². The summed E-state index contributed by atoms with van der Waals surface area (Å²) < 4.78 is 0. The molecule has 0 saturated heterocycles. The van der Waals surface area contributed by atoms with Crippen molar-refractivity contribution in [1.82, 2.24) is 4.90 Å². The second-order valence-corrected chi connectivity index (χ2v) is 8.07. The molecule has 1 saturated carbocycles. The first-order valence-corrected chi connectivity index (χ1v) is 10.4. The van der Waals surface area contributed by atoms with E-state index >= 15 is 0 Å². The maximum Gasteiger partial charge on any atom is 0.257 e. The molecule has 2 N–H and O–H groups in total. The number of benzene rings is 2. The summed E-state index contributed by atoms with van der Waals surface area (Å²) in [4.78, 5) is 38.8. The van der Waals surface area contributed by atoms with Gasteiger partial charge >= 0.3 is 0 Å². The van der Waals surface area contributed by atoms with Gasteiger partial charge in [-0.1, -0.05) is 23.7 Å². The molecule has 0 atom stereocenters. The van der Waals surface area contributed by atoms with Crippen LogP contribution in [0.5, 0.6) is 0 Å². The number of nitrogens with zero attached hydrogens (tertiary/aromatic N) is 1. The number of amides is 3. The molecular weight excluding hydrogens is 402 g/mol. The zero-order valence-electron chi connectivity index (χ0n) is 17.2. The minimum atomic E-state index is -0.306. The highest BCUT2D eigenvalue weighted by Gasteiger charge is 2.29. The van der Waals surface area contributed by atoms with E-state index in [0.717, 1.165) is 12.8 Å². The highest BCUT2D eigenvalue weighted by atomic mass is 35.5. The van der Waals surface area contributed by atoms with Crippen molar-refractivity contribution in [2.45, 2.75) is 38.6 Å². The molecule has 3 amide bonds. The first kappa shape index (κ1) is 21.8. The Morgan fingerprint density at radius 2 is 1.57 bits per heavy atom. The molecular formula is C23H26ClN3O3. The van der Waals surface area contributed by atoms with E-state index in [9.17, 15) is 14.4 Å². The van der Waals surface area contributed by atoms with Crippen LogP contribution in [-0.2, 0) is 9.59 Å². The van der Waals surface area contributed by atoms with Gasteiger partial charge in [-0.05, 0) is 62.1 Å². The SMILES string of the molecule is CC(=O)N(C)C1CCC(C(=O)Nc2ccccc2C(=O)Nc2ccc(Cl)cc2)CC1. The molecule has 2 aromatic rings. The summed E-state index contributed by atoms with van der Waals surface area (Å²) in [6.45, 7) is 1.56. The second kappa shape index (κ2) is 9.76. The molecule has 1 aliphatic rings. The van der Waals surface area contributed by atoms with Crippen LogP contribution in [0.25, 0.3) is 0 Å². The van der Waals surface area contributed by atoms with Crippen molar-refractivity contribution in [3.63, 3.8) is 0 Å². The summed E-state index contributed by atoms with van der Waals surface area (Å²) in [5.74, 6) is -0.483. The van der Waals surface area contributed by atoms with E-state index in [1.54, 1.807) is 60.4 Å². The average molecular weight is 428 g/mol. The van der Waals surface area contributed by atoms with Gasteiger partial charge in [0.2, 0.25) is 11.8 Å². The van der Waals surface area contributed by atoms with Crippen LogP contribution in [0.15, 0.2) is 48.5 Å². The lowest BCUT2D eigenvalue weighted by atomic mass is 9.84. The topological polar surface area (TPSA) is 78.5 Å². The fourth-order valence-electron chi connectivity index (χ4n) is 3.74. The lowest BCUT2D eigenvalue weighted by molar-refractivity contribution is -0.130. The molecule has 3 rings (SSSR count). The second-order valence-electron chi connectivity index (χ2n) is 7.63. The summed E-state index contributed by atoms with van der Waals surface area (Å²) in [6, 6.07) is 14.0. The monoisotopic (exact) mass is 427 g/mol. The van der Waals surface area contributed by atoms with Crippen molar-refractivity contribution in [3.05, 3.63) is 59.1 Å². The standard InChI is InChI=1S/C23H26ClN3O3/c1-15(28)27(2)19-13-7-16(8-14-19)22(29)26-21-6-4-3-5-20(21)23(30)25-18-11-9-17(24)10-12-18/h3-6,9-12,16,19H,7-8,13-14H2,1-2H3,(H,25,30)(H,26,29). The van der Waals surface area contributed by atoms with Crippen LogP contribution in [-0.4, -0.2) is 35.7 Å². The number of hydrogen-bond acceptors (Lipinski definition) is 3. The maximum absolute atomic E-state index is 12.8. The van der Waals surface area contributed by atoms with Crippen molar-refractivity contribution in [1.29, 1.82) is 0 Å². The third kappa shape index (κ3) is 5.39. The van der Waals surface area contributed by atoms with Crippen LogP contribution in [0.3, 0.4) is 0 Å². The lowest BCUT2D eigenvalue weighted by Crippen LogP contribution is -2.40. The zero-order chi connectivity index (χ0) is 21.7. The van der Waals surface area contributed by atoms with Gasteiger partial charge in [0, 0.05) is 36.6 Å². The van der Waals surface area contributed by atoms with Gasteiger partial charge < -0.3 is 15.5 Å². The van der Waals surface area contributed by atoms with Crippen LogP contribution in [0.1, 0.15) is 43.0 Å². The molecule has 2 aromatic carbocycles. The average Bonchev–Trinajstić information content (AvgIpc) is 2.75. The van der Waals surface area contributed by atoms with Crippen LogP contribution in [0.2, 0.25) is 5.02 Å². The molecule has 6 nitrogen and oxygen atoms in total. The minimum Gasteiger partial charge on any atom is -0.343 e. The molecule has 7 heteroatoms. The fourth-order valence-corrected chi connectivity index (χ4v) is 3.86. The Kier molecular flexibility index (Phi) is 7.11. The first-order chi connectivity index (χ1) is 14.3. The quantitative estimate of drug-likeness (QED) is 0.733. The Morgan fingerprint density at radius 3 is 2.20 bits per heavy atom. The Bertz CT molecular complexity index is 922. The molecule has 0 unspecified atom stereocenters. The molecule has 30 heavy (non-hydrogen) atoms. The number of anilines is 2. The van der Waals surface area contributed by atoms with E-state index in [2.05, 4.69) is 10.6 Å². The zero-order valence-corrected chi connectivity index (χ0v) is 17.9. The van der Waals surface area contributed by atoms with Crippen LogP contribution >= 0.6 is 11.6 Å². The van der Waals surface area contributed by atoms with E-state index in [1.165, 1.54) is 0 Å². The molecule has 0 spiro atoms. The van der Waals surface area contributed by atoms with E-state index in [-0.39, 0.29) is 29.7 Å². The lowest BCUT2D eigenvalue weighted by Gasteiger charge is -2.33. The van der Waals surface area contributed by atoms with Gasteiger partial charge in [0.15, 0.2) is 0 Å². The molecule has 0 radical (unpaired) electrons. The van der Waals surface area contributed by atoms with Gasteiger partial charge in [-0.25, -0.2) is 0 Å². The summed E-state index contributed by atoms with van der Waals surface area (Å²) in [6.07, 6.45) is 3.03. The predicted octanol–water partition coefficient (Wildman–Crippen LogP) is 4.57. The van der Waals surface area contributed by atoms with Crippen molar-refractivity contribution in [2.24, 2.45) is 5.92 Å². The van der Waals surface area contributed by atoms with Crippen molar-refractivity contribution < 1.29 is 14.4 Å². The van der Waals surface area contributed by atoms with Gasteiger partial charge in [0.25, 0.3) is 5.91 Å². The molecule has 1 fully saturated rings. The number of para-hydroxylation sites is 1. The van der Waals surface area contributed by atoms with Gasteiger partial charge in [-0.15, -0.1) is 0 Å². The number of rotatable bonds is 5. The number of hydrogen-bond donors (Lipinski definition) is 2. The van der Waals surface area contributed by atoms with Crippen LogP contribution < -0.4 is 10.6 Å². The third-order valence-corrected chi connectivity index (χ3v) is 5.90. The summed E-state index contributed by atoms with van der Waals surface area (Å²) in [5.41, 5.74) is 1.50. The Morgan fingerprint density at radius 1 is 0.933 bits per heavy atom. The van der Waals surface area contributed by atoms with Crippen LogP contribution in [0, 0.1) is 5.92 Å². The Balaban J connectivity index is 1.63. The summed E-state index contributed by atoms with van der Waals surface area (Å²) in [5, 5.41) is 6.33. The molecule has 1 aliphatic carbocycles. The highest BCUT2D eigenvalue weighted by molar-refractivity contribution is 6.30. The van der Waals surface area contributed by atoms with Gasteiger partial charge in [0.1, 0.15) is 0 Å². The Labute approximate surface area is 181 Å². The van der Waals surface area contributed by atoms with Gasteiger partial charge in [-0.2, -0.15) is 0 Å². The maximum atomic E-state index is 12.8. The highest BCUT2D eigenvalue weighted by Crippen LogP contribution is 2.29. The summed E-state index contributed by atoms with van der Waals surface area (Å²) >= 11 is 5.88. The predicted molar refractivity (Wildman–Crippen MR) is 119 cm³/mol. The number of halogens is 1. The van der Waals surface area contributed by atoms with E-state index in [0.29, 0.717) is 34.8 Å². The largest absolute Gasteiger partial charge is 0.343 e. The van der Waals surface area contributed by atoms with Crippen molar-refractivity contribution in [2.75, 3.05) is 17.7 Å². The Hall–Kier alpha value is -2.86. The fraction of sp³-hybridized carbons (Fsp3) is 0.348. The van der Waals surface area contributed by atoms with Crippen LogP contribution in [0.4, 0.5) is 11.4 Å². The van der Waals surface area contributed by atoms with E-state index in [1.807, 2.05) is 7.05 Å². The molecule has 0 aromatic heterocycles. The number of carbonyl (C=O) groups is 3. The van der Waals surface area contributed by atoms with Crippen molar-refractivity contribution >= 4 is 40.7 Å². The molecule has 0 heterocycles. The molecule has 158 valence electrons. The smallest absolute Gasteiger partial charge is 0.257 e. The van der Waals surface area contributed by atoms with E-state index < -0.39 is 0 Å². The molecule has 0 bridgehead atoms. The summed E-state index contributed by atoms with van der Waals surface area (Å²) in [7, 11) is 1.81. The van der Waals surface area contributed by atoms with Gasteiger partial charge in [0.05, 0.1) is 11.3 Å². The van der Waals surface area contributed by atoms with Gasteiger partial charge in [-0.3, -0.25) is 14.4 Å².